The molecular formula is C21H30N4O6S. The number of likely N-dealkylation sites (tertiary alicyclic amines) is 1. The smallest absolute Gasteiger partial charge is 0.265 e. The molecule has 0 bridgehead atoms. The summed E-state index contributed by atoms with van der Waals surface area (Å²) in [6, 6.07) is 4.73. The molecule has 0 spiro atoms. The highest BCUT2D eigenvalue weighted by molar-refractivity contribution is 7.89. The number of hydrogen-bond acceptors (Lipinski definition) is 7. The zero-order valence-corrected chi connectivity index (χ0v) is 19.1. The lowest BCUT2D eigenvalue weighted by molar-refractivity contribution is -0.125. The van der Waals surface area contributed by atoms with Gasteiger partial charge in [0.25, 0.3) is 5.91 Å². The summed E-state index contributed by atoms with van der Waals surface area (Å²) >= 11 is 0. The molecule has 0 radical (unpaired) electrons. The summed E-state index contributed by atoms with van der Waals surface area (Å²) in [5.74, 6) is -0.286. The second kappa shape index (κ2) is 9.74. The summed E-state index contributed by atoms with van der Waals surface area (Å²) in [4.78, 5) is 28.9. The normalized spacial score (nSPS) is 22.5. The maximum atomic E-state index is 13.0. The molecule has 10 nitrogen and oxygen atoms in total. The van der Waals surface area contributed by atoms with Crippen molar-refractivity contribution in [1.29, 1.82) is 0 Å². The number of hydrogen-bond donors (Lipinski definition) is 1. The SMILES string of the molecule is CCN1CCCC1CNC(=O)CN1C(=O)COc2ccc(S(=O)(=O)N3CCOCC3)cc21. The fraction of sp³-hybridized carbons (Fsp3) is 0.619. The van der Waals surface area contributed by atoms with Crippen molar-refractivity contribution in [2.75, 3.05) is 64.0 Å². The van der Waals surface area contributed by atoms with Crippen molar-refractivity contribution in [2.45, 2.75) is 30.7 Å². The monoisotopic (exact) mass is 466 g/mol. The molecule has 0 aromatic heterocycles. The number of anilines is 1. The minimum Gasteiger partial charge on any atom is -0.482 e. The van der Waals surface area contributed by atoms with Crippen molar-refractivity contribution < 1.29 is 27.5 Å². The number of benzene rings is 1. The zero-order chi connectivity index (χ0) is 22.7. The van der Waals surface area contributed by atoms with Crippen LogP contribution in [0.25, 0.3) is 0 Å². The molecule has 176 valence electrons. The van der Waals surface area contributed by atoms with Gasteiger partial charge < -0.3 is 14.8 Å². The number of amides is 2. The summed E-state index contributed by atoms with van der Waals surface area (Å²) in [6.07, 6.45) is 2.15. The van der Waals surface area contributed by atoms with Gasteiger partial charge in [-0.1, -0.05) is 6.92 Å². The third kappa shape index (κ3) is 4.75. The highest BCUT2D eigenvalue weighted by Gasteiger charge is 2.32. The molecule has 1 atom stereocenters. The highest BCUT2D eigenvalue weighted by atomic mass is 32.2. The molecule has 3 aliphatic rings. The van der Waals surface area contributed by atoms with Crippen molar-refractivity contribution in [3.63, 3.8) is 0 Å². The van der Waals surface area contributed by atoms with Gasteiger partial charge >= 0.3 is 0 Å². The number of fused-ring (bicyclic) bond motifs is 1. The molecule has 1 aromatic carbocycles. The Bertz CT molecular complexity index is 963. The van der Waals surface area contributed by atoms with E-state index in [4.69, 9.17) is 9.47 Å². The number of carbonyl (C=O) groups excluding carboxylic acids is 2. The molecule has 2 saturated heterocycles. The van der Waals surface area contributed by atoms with Crippen molar-refractivity contribution in [3.8, 4) is 5.75 Å². The van der Waals surface area contributed by atoms with E-state index >= 15 is 0 Å². The minimum absolute atomic E-state index is 0.0615. The molecule has 3 aliphatic heterocycles. The molecule has 2 amide bonds. The van der Waals surface area contributed by atoms with Crippen LogP contribution in [0.1, 0.15) is 19.8 Å². The van der Waals surface area contributed by atoms with Gasteiger partial charge in [0, 0.05) is 25.7 Å². The van der Waals surface area contributed by atoms with E-state index in [-0.39, 0.29) is 43.0 Å². The van der Waals surface area contributed by atoms with Crippen molar-refractivity contribution in [2.24, 2.45) is 0 Å². The Balaban J connectivity index is 1.49. The average Bonchev–Trinajstić information content (AvgIpc) is 3.27. The third-order valence-corrected chi connectivity index (χ3v) is 8.12. The summed E-state index contributed by atoms with van der Waals surface area (Å²) in [5.41, 5.74) is 0.293. The van der Waals surface area contributed by atoms with Crippen LogP contribution in [0.5, 0.6) is 5.75 Å². The summed E-state index contributed by atoms with van der Waals surface area (Å²) in [6.45, 7) is 5.46. The molecule has 0 saturated carbocycles. The number of carbonyl (C=O) groups is 2. The van der Waals surface area contributed by atoms with Gasteiger partial charge in [0.1, 0.15) is 12.3 Å². The van der Waals surface area contributed by atoms with Crippen LogP contribution >= 0.6 is 0 Å². The fourth-order valence-electron chi connectivity index (χ4n) is 4.43. The molecule has 1 aromatic rings. The number of rotatable bonds is 7. The second-order valence-corrected chi connectivity index (χ2v) is 10.1. The Morgan fingerprint density at radius 3 is 2.75 bits per heavy atom. The van der Waals surface area contributed by atoms with Gasteiger partial charge in [-0.05, 0) is 44.1 Å². The van der Waals surface area contributed by atoms with Crippen LogP contribution in [0.4, 0.5) is 5.69 Å². The lowest BCUT2D eigenvalue weighted by atomic mass is 10.2. The first-order valence-corrected chi connectivity index (χ1v) is 12.5. The van der Waals surface area contributed by atoms with Gasteiger partial charge in [0.15, 0.2) is 6.61 Å². The number of ether oxygens (including phenoxy) is 2. The molecular weight excluding hydrogens is 436 g/mol. The molecule has 2 fully saturated rings. The maximum Gasteiger partial charge on any atom is 0.265 e. The van der Waals surface area contributed by atoms with Gasteiger partial charge in [-0.2, -0.15) is 4.31 Å². The van der Waals surface area contributed by atoms with E-state index in [1.54, 1.807) is 0 Å². The standard InChI is InChI=1S/C21H30N4O6S/c1-2-23-7-3-4-16(23)13-22-20(26)14-25-18-12-17(5-6-19(18)31-15-21(25)27)32(28,29)24-8-10-30-11-9-24/h5-6,12,16H,2-4,7-11,13-15H2,1H3,(H,22,26). The van der Waals surface area contributed by atoms with Crippen molar-refractivity contribution >= 4 is 27.5 Å². The second-order valence-electron chi connectivity index (χ2n) is 8.14. The van der Waals surface area contributed by atoms with Crippen LogP contribution in [0, 0.1) is 0 Å². The average molecular weight is 467 g/mol. The van der Waals surface area contributed by atoms with Gasteiger partial charge in [-0.15, -0.1) is 0 Å². The first-order chi connectivity index (χ1) is 15.4. The van der Waals surface area contributed by atoms with Crippen molar-refractivity contribution in [1.82, 2.24) is 14.5 Å². The van der Waals surface area contributed by atoms with Crippen LogP contribution in [0.2, 0.25) is 0 Å². The van der Waals surface area contributed by atoms with Crippen LogP contribution in [-0.2, 0) is 24.3 Å². The van der Waals surface area contributed by atoms with Gasteiger partial charge in [0.05, 0.1) is 23.8 Å². The first kappa shape index (κ1) is 23.0. The molecule has 0 aliphatic carbocycles. The van der Waals surface area contributed by atoms with E-state index in [0.717, 1.165) is 25.9 Å². The molecule has 4 rings (SSSR count). The Morgan fingerprint density at radius 1 is 1.22 bits per heavy atom. The molecule has 32 heavy (non-hydrogen) atoms. The predicted molar refractivity (Wildman–Crippen MR) is 117 cm³/mol. The number of nitrogens with zero attached hydrogens (tertiary/aromatic N) is 3. The maximum absolute atomic E-state index is 13.0. The minimum atomic E-state index is -3.74. The van der Waals surface area contributed by atoms with Crippen LogP contribution < -0.4 is 15.0 Å². The Kier molecular flexibility index (Phi) is 6.99. The number of likely N-dealkylation sites (N-methyl/N-ethyl adjacent to an activating group) is 1. The summed E-state index contributed by atoms with van der Waals surface area (Å²) < 4.78 is 38.1. The lowest BCUT2D eigenvalue weighted by Crippen LogP contribution is -2.47. The van der Waals surface area contributed by atoms with E-state index in [1.807, 2.05) is 0 Å². The fourth-order valence-corrected chi connectivity index (χ4v) is 5.85. The molecule has 1 N–H and O–H groups in total. The predicted octanol–water partition coefficient (Wildman–Crippen LogP) is 0.0334. The molecule has 1 unspecified atom stereocenters. The lowest BCUT2D eigenvalue weighted by Gasteiger charge is -2.31. The molecule has 3 heterocycles. The van der Waals surface area contributed by atoms with Gasteiger partial charge in [-0.3, -0.25) is 19.4 Å². The highest BCUT2D eigenvalue weighted by Crippen LogP contribution is 2.35. The van der Waals surface area contributed by atoms with E-state index in [0.29, 0.717) is 37.2 Å². The number of sulfonamides is 1. The van der Waals surface area contributed by atoms with Gasteiger partial charge in [-0.25, -0.2) is 8.42 Å². The Hall–Kier alpha value is -2.21. The van der Waals surface area contributed by atoms with Crippen molar-refractivity contribution in [3.05, 3.63) is 18.2 Å². The Labute approximate surface area is 188 Å². The molecule has 11 heteroatoms. The number of morpholine rings is 1. The van der Waals surface area contributed by atoms with Crippen LogP contribution in [-0.4, -0.2) is 94.6 Å². The topological polar surface area (TPSA) is 108 Å². The third-order valence-electron chi connectivity index (χ3n) is 6.22. The van der Waals surface area contributed by atoms with E-state index in [1.165, 1.54) is 27.4 Å². The zero-order valence-electron chi connectivity index (χ0n) is 18.3. The van der Waals surface area contributed by atoms with Crippen LogP contribution in [0.15, 0.2) is 23.1 Å². The summed E-state index contributed by atoms with van der Waals surface area (Å²) in [7, 11) is -3.74. The van der Waals surface area contributed by atoms with E-state index in [2.05, 4.69) is 17.1 Å². The van der Waals surface area contributed by atoms with Crippen LogP contribution in [0.3, 0.4) is 0 Å². The van der Waals surface area contributed by atoms with E-state index < -0.39 is 10.0 Å². The van der Waals surface area contributed by atoms with Gasteiger partial charge in [0.2, 0.25) is 15.9 Å². The largest absolute Gasteiger partial charge is 0.482 e. The quantitative estimate of drug-likeness (QED) is 0.604. The Morgan fingerprint density at radius 2 is 2.00 bits per heavy atom. The number of nitrogens with one attached hydrogen (secondary N) is 1. The summed E-state index contributed by atoms with van der Waals surface area (Å²) in [5, 5.41) is 2.93. The van der Waals surface area contributed by atoms with E-state index in [9.17, 15) is 18.0 Å². The first-order valence-electron chi connectivity index (χ1n) is 11.1.